The van der Waals surface area contributed by atoms with Gasteiger partial charge in [0.05, 0.1) is 7.11 Å². The summed E-state index contributed by atoms with van der Waals surface area (Å²) in [5, 5.41) is 0. The van der Waals surface area contributed by atoms with Crippen LogP contribution in [0.15, 0.2) is 218 Å². The second-order valence-electron chi connectivity index (χ2n) is 12.6. The lowest BCUT2D eigenvalue weighted by Gasteiger charge is -2.26. The third kappa shape index (κ3) is 8.89. The average molecular weight is 684 g/mol. The Morgan fingerprint density at radius 2 is 0.679 bits per heavy atom. The molecule has 2 nitrogen and oxygen atoms in total. The minimum absolute atomic E-state index is 0.825. The molecule has 0 unspecified atom stereocenters. The summed E-state index contributed by atoms with van der Waals surface area (Å²) in [5.74, 6) is 0.825. The zero-order chi connectivity index (χ0) is 36.1. The summed E-state index contributed by atoms with van der Waals surface area (Å²) in [7, 11) is 1.70. The quantitative estimate of drug-likeness (QED) is 0.119. The lowest BCUT2D eigenvalue weighted by Crippen LogP contribution is -2.09. The summed E-state index contributed by atoms with van der Waals surface area (Å²) < 4.78 is 5.47. The molecule has 7 aromatic carbocycles. The third-order valence-electron chi connectivity index (χ3n) is 9.08. The fraction of sp³-hybridized carbons (Fsp3) is 0.0196. The van der Waals surface area contributed by atoms with Crippen molar-refractivity contribution in [3.05, 3.63) is 252 Å². The van der Waals surface area contributed by atoms with Crippen molar-refractivity contribution in [3.8, 4) is 5.75 Å². The Labute approximate surface area is 313 Å². The smallest absolute Gasteiger partial charge is 0.119 e. The number of rotatable bonds is 12. The normalized spacial score (nSPS) is 11.0. The van der Waals surface area contributed by atoms with Crippen molar-refractivity contribution >= 4 is 40.4 Å². The molecule has 0 saturated heterocycles. The molecule has 2 heteroatoms. The number of methoxy groups -OCH3 is 1. The van der Waals surface area contributed by atoms with Gasteiger partial charge in [0.25, 0.3) is 0 Å². The number of benzene rings is 7. The zero-order valence-electron chi connectivity index (χ0n) is 29.8. The van der Waals surface area contributed by atoms with E-state index < -0.39 is 0 Å². The number of anilines is 3. The van der Waals surface area contributed by atoms with Gasteiger partial charge >= 0.3 is 0 Å². The minimum Gasteiger partial charge on any atom is -0.497 e. The van der Waals surface area contributed by atoms with E-state index in [-0.39, 0.29) is 0 Å². The lowest BCUT2D eigenvalue weighted by atomic mass is 9.97. The Hall–Kier alpha value is -6.90. The van der Waals surface area contributed by atoms with E-state index in [4.69, 9.17) is 4.74 Å². The molecule has 256 valence electrons. The van der Waals surface area contributed by atoms with Crippen LogP contribution in [0, 0.1) is 0 Å². The summed E-state index contributed by atoms with van der Waals surface area (Å²) in [6.45, 7) is 0. The van der Waals surface area contributed by atoms with Crippen LogP contribution in [0.2, 0.25) is 0 Å². The van der Waals surface area contributed by atoms with Crippen molar-refractivity contribution in [3.63, 3.8) is 0 Å². The highest BCUT2D eigenvalue weighted by Crippen LogP contribution is 2.36. The second kappa shape index (κ2) is 17.4. The maximum atomic E-state index is 5.47. The molecular weight excluding hydrogens is 643 g/mol. The summed E-state index contributed by atoms with van der Waals surface area (Å²) >= 11 is 0. The highest BCUT2D eigenvalue weighted by molar-refractivity contribution is 5.83. The molecule has 7 aromatic rings. The van der Waals surface area contributed by atoms with E-state index in [1.54, 1.807) is 7.11 Å². The topological polar surface area (TPSA) is 12.5 Å². The number of allylic oxidation sites excluding steroid dienone is 4. The van der Waals surface area contributed by atoms with Crippen molar-refractivity contribution in [2.45, 2.75) is 0 Å². The van der Waals surface area contributed by atoms with Crippen molar-refractivity contribution in [1.29, 1.82) is 0 Å². The highest BCUT2D eigenvalue weighted by atomic mass is 16.5. The third-order valence-corrected chi connectivity index (χ3v) is 9.08. The summed E-state index contributed by atoms with van der Waals surface area (Å²) in [5.41, 5.74) is 12.6. The van der Waals surface area contributed by atoms with Crippen LogP contribution in [0.5, 0.6) is 5.75 Å². The van der Waals surface area contributed by atoms with Gasteiger partial charge in [0, 0.05) is 17.1 Å². The SMILES string of the molecule is COc1ccc(N(c2ccc(C=CC=C(c3ccccc3)c3ccccc3)cc2)c2ccc(C=CC=C(c3ccccc3)c3ccccc3)cc2)cc1. The van der Waals surface area contributed by atoms with E-state index in [0.29, 0.717) is 0 Å². The highest BCUT2D eigenvalue weighted by Gasteiger charge is 2.13. The van der Waals surface area contributed by atoms with Crippen LogP contribution in [0.25, 0.3) is 23.3 Å². The molecule has 0 N–H and O–H groups in total. The van der Waals surface area contributed by atoms with E-state index >= 15 is 0 Å². The first-order valence-corrected chi connectivity index (χ1v) is 17.9. The number of hydrogen-bond acceptors (Lipinski definition) is 2. The summed E-state index contributed by atoms with van der Waals surface area (Å²) in [4.78, 5) is 2.27. The van der Waals surface area contributed by atoms with Crippen LogP contribution in [0.4, 0.5) is 17.1 Å². The van der Waals surface area contributed by atoms with E-state index in [2.05, 4.69) is 223 Å². The van der Waals surface area contributed by atoms with Gasteiger partial charge in [-0.2, -0.15) is 0 Å². The molecule has 7 rings (SSSR count). The maximum Gasteiger partial charge on any atom is 0.119 e. The molecule has 0 aliphatic carbocycles. The molecule has 0 fully saturated rings. The predicted molar refractivity (Wildman–Crippen MR) is 226 cm³/mol. The second-order valence-corrected chi connectivity index (χ2v) is 12.6. The van der Waals surface area contributed by atoms with Gasteiger partial charge in [0.15, 0.2) is 0 Å². The lowest BCUT2D eigenvalue weighted by molar-refractivity contribution is 0.415. The largest absolute Gasteiger partial charge is 0.497 e. The molecule has 0 heterocycles. The molecule has 0 atom stereocenters. The van der Waals surface area contributed by atoms with Gasteiger partial charge in [-0.05, 0) is 93.1 Å². The van der Waals surface area contributed by atoms with Crippen molar-refractivity contribution in [2.75, 3.05) is 12.0 Å². The summed E-state index contributed by atoms with van der Waals surface area (Å²) in [6, 6.07) is 67.7. The first-order valence-electron chi connectivity index (χ1n) is 17.9. The number of hydrogen-bond donors (Lipinski definition) is 0. The standard InChI is InChI=1S/C51H41NO/c1-53-49-38-36-48(37-39-49)52(46-32-28-40(29-33-46)16-14-26-50(42-18-6-2-7-19-42)43-20-8-3-9-21-43)47-34-30-41(31-35-47)17-15-27-51(44-22-10-4-11-23-44)45-24-12-5-13-25-45/h2-39H,1H3. The van der Waals surface area contributed by atoms with Crippen LogP contribution in [0.1, 0.15) is 33.4 Å². The van der Waals surface area contributed by atoms with Crippen LogP contribution in [-0.2, 0) is 0 Å². The van der Waals surface area contributed by atoms with E-state index in [1.165, 1.54) is 33.4 Å². The Morgan fingerprint density at radius 3 is 0.981 bits per heavy atom. The molecule has 0 bridgehead atoms. The molecule has 0 radical (unpaired) electrons. The average Bonchev–Trinajstić information content (AvgIpc) is 3.24. The van der Waals surface area contributed by atoms with Crippen LogP contribution >= 0.6 is 0 Å². The number of nitrogens with zero attached hydrogens (tertiary/aromatic N) is 1. The van der Waals surface area contributed by atoms with Crippen LogP contribution in [-0.4, -0.2) is 7.11 Å². The van der Waals surface area contributed by atoms with Crippen LogP contribution < -0.4 is 9.64 Å². The zero-order valence-corrected chi connectivity index (χ0v) is 29.8. The van der Waals surface area contributed by atoms with E-state index in [0.717, 1.165) is 33.9 Å². The van der Waals surface area contributed by atoms with Gasteiger partial charge in [0.2, 0.25) is 0 Å². The van der Waals surface area contributed by atoms with Crippen LogP contribution in [0.3, 0.4) is 0 Å². The van der Waals surface area contributed by atoms with Gasteiger partial charge in [-0.1, -0.05) is 182 Å². The minimum atomic E-state index is 0.825. The molecule has 0 saturated carbocycles. The van der Waals surface area contributed by atoms with Crippen molar-refractivity contribution in [1.82, 2.24) is 0 Å². The molecular formula is C51H41NO. The van der Waals surface area contributed by atoms with E-state index in [9.17, 15) is 0 Å². The van der Waals surface area contributed by atoms with Gasteiger partial charge in [-0.3, -0.25) is 0 Å². The van der Waals surface area contributed by atoms with Gasteiger partial charge in [0.1, 0.15) is 5.75 Å². The Bertz CT molecular complexity index is 2070. The molecule has 0 aliphatic heterocycles. The van der Waals surface area contributed by atoms with E-state index in [1.807, 2.05) is 12.1 Å². The fourth-order valence-corrected chi connectivity index (χ4v) is 6.35. The Kier molecular flexibility index (Phi) is 11.3. The molecule has 53 heavy (non-hydrogen) atoms. The van der Waals surface area contributed by atoms with Gasteiger partial charge in [-0.25, -0.2) is 0 Å². The monoisotopic (exact) mass is 683 g/mol. The molecule has 0 amide bonds. The predicted octanol–water partition coefficient (Wildman–Crippen LogP) is 13.5. The van der Waals surface area contributed by atoms with Gasteiger partial charge < -0.3 is 9.64 Å². The van der Waals surface area contributed by atoms with Crippen molar-refractivity contribution in [2.24, 2.45) is 0 Å². The maximum absolute atomic E-state index is 5.47. The molecule has 0 aliphatic rings. The van der Waals surface area contributed by atoms with Gasteiger partial charge in [-0.15, -0.1) is 0 Å². The van der Waals surface area contributed by atoms with Crippen molar-refractivity contribution < 1.29 is 4.74 Å². The Morgan fingerprint density at radius 1 is 0.377 bits per heavy atom. The first kappa shape index (κ1) is 34.5. The Balaban J connectivity index is 1.14. The summed E-state index contributed by atoms with van der Waals surface area (Å²) in [6.07, 6.45) is 13.0. The fourth-order valence-electron chi connectivity index (χ4n) is 6.35. The number of ether oxygens (including phenoxy) is 1. The first-order chi connectivity index (χ1) is 26.2. The molecule has 0 aromatic heterocycles. The molecule has 0 spiro atoms.